The first-order valence-corrected chi connectivity index (χ1v) is 11.1. The van der Waals surface area contributed by atoms with Gasteiger partial charge in [0.2, 0.25) is 0 Å². The van der Waals surface area contributed by atoms with E-state index >= 15 is 0 Å². The number of phenols is 1. The molecule has 0 aliphatic heterocycles. The molecule has 0 aliphatic carbocycles. The van der Waals surface area contributed by atoms with Gasteiger partial charge in [0.05, 0.1) is 5.01 Å². The average Bonchev–Trinajstić information content (AvgIpc) is 3.26. The highest BCUT2D eigenvalue weighted by atomic mass is 32.1. The molecule has 0 spiro atoms. The number of aromatic hydroxyl groups is 1. The van der Waals surface area contributed by atoms with E-state index in [4.69, 9.17) is 0 Å². The van der Waals surface area contributed by atoms with Crippen LogP contribution in [0.25, 0.3) is 0 Å². The number of phenolic OH excluding ortho intramolecular Hbond substituents is 1. The lowest BCUT2D eigenvalue weighted by Crippen LogP contribution is -2.12. The van der Waals surface area contributed by atoms with Crippen molar-refractivity contribution in [2.45, 2.75) is 19.3 Å². The highest BCUT2D eigenvalue weighted by Gasteiger charge is 2.12. The molecule has 1 aromatic heterocycles. The zero-order chi connectivity index (χ0) is 22.3. The molecule has 6 heteroatoms. The molecule has 3 aromatic carbocycles. The second-order valence-electron chi connectivity index (χ2n) is 7.44. The van der Waals surface area contributed by atoms with Crippen molar-refractivity contribution in [1.29, 1.82) is 0 Å². The van der Waals surface area contributed by atoms with Crippen molar-refractivity contribution in [2.24, 2.45) is 0 Å². The van der Waals surface area contributed by atoms with Crippen molar-refractivity contribution in [3.05, 3.63) is 111 Å². The monoisotopic (exact) mass is 442 g/mol. The van der Waals surface area contributed by atoms with Crippen molar-refractivity contribution in [3.8, 4) is 5.75 Å². The molecule has 0 unspecified atom stereocenters. The summed E-state index contributed by atoms with van der Waals surface area (Å²) >= 11 is 1.46. The summed E-state index contributed by atoms with van der Waals surface area (Å²) in [5, 5.41) is 15.4. The molecule has 2 N–H and O–H groups in total. The van der Waals surface area contributed by atoms with E-state index in [0.29, 0.717) is 23.4 Å². The van der Waals surface area contributed by atoms with Crippen LogP contribution in [-0.2, 0) is 19.3 Å². The van der Waals surface area contributed by atoms with Crippen molar-refractivity contribution in [3.63, 3.8) is 0 Å². The second-order valence-corrected chi connectivity index (χ2v) is 8.38. The van der Waals surface area contributed by atoms with E-state index < -0.39 is 0 Å². The molecule has 0 saturated heterocycles. The Morgan fingerprint density at radius 2 is 1.75 bits per heavy atom. The molecule has 4 rings (SSSR count). The molecule has 0 atom stereocenters. The van der Waals surface area contributed by atoms with Gasteiger partial charge in [0.25, 0.3) is 5.91 Å². The fourth-order valence-corrected chi connectivity index (χ4v) is 4.21. The summed E-state index contributed by atoms with van der Waals surface area (Å²) in [5.41, 5.74) is 4.44. The molecule has 160 valence electrons. The number of thiazole rings is 1. The van der Waals surface area contributed by atoms with Crippen LogP contribution in [0.4, 0.5) is 5.82 Å². The molecule has 1 amide bonds. The number of nitrogens with one attached hydrogen (secondary N) is 1. The van der Waals surface area contributed by atoms with E-state index in [1.54, 1.807) is 41.8 Å². The molecule has 32 heavy (non-hydrogen) atoms. The normalized spacial score (nSPS) is 10.6. The lowest BCUT2D eigenvalue weighted by Gasteiger charge is -2.09. The molecule has 0 aliphatic rings. The van der Waals surface area contributed by atoms with Gasteiger partial charge in [-0.25, -0.2) is 4.98 Å². The molecule has 0 radical (unpaired) electrons. The first-order chi connectivity index (χ1) is 15.6. The highest BCUT2D eigenvalue weighted by Crippen LogP contribution is 2.24. The first kappa shape index (κ1) is 21.5. The van der Waals surface area contributed by atoms with Crippen molar-refractivity contribution in [1.82, 2.24) is 4.98 Å². The number of carbonyl (C=O) groups is 2. The average molecular weight is 443 g/mol. The SMILES string of the molecule is O=Cc1ccc(C(=O)Nc2csc(Cc3cc(O)ccc3CCc3ccccc3)n2)cc1. The number of rotatable bonds is 8. The Morgan fingerprint density at radius 1 is 0.969 bits per heavy atom. The van der Waals surface area contributed by atoms with Gasteiger partial charge in [0, 0.05) is 22.9 Å². The molecular formula is C26H22N2O3S. The van der Waals surface area contributed by atoms with E-state index in [2.05, 4.69) is 22.4 Å². The predicted molar refractivity (Wildman–Crippen MR) is 127 cm³/mol. The number of benzene rings is 3. The van der Waals surface area contributed by atoms with Gasteiger partial charge in [-0.3, -0.25) is 9.59 Å². The van der Waals surface area contributed by atoms with Crippen LogP contribution in [0.15, 0.2) is 78.2 Å². The topological polar surface area (TPSA) is 79.3 Å². The maximum Gasteiger partial charge on any atom is 0.256 e. The van der Waals surface area contributed by atoms with Crippen LogP contribution in [-0.4, -0.2) is 22.3 Å². The Bertz CT molecular complexity index is 1220. The number of carbonyl (C=O) groups excluding carboxylic acids is 2. The maximum absolute atomic E-state index is 12.4. The zero-order valence-electron chi connectivity index (χ0n) is 17.3. The van der Waals surface area contributed by atoms with Crippen LogP contribution in [0.5, 0.6) is 5.75 Å². The number of anilines is 1. The van der Waals surface area contributed by atoms with Gasteiger partial charge in [0.15, 0.2) is 0 Å². The van der Waals surface area contributed by atoms with Gasteiger partial charge in [-0.2, -0.15) is 0 Å². The first-order valence-electron chi connectivity index (χ1n) is 10.3. The van der Waals surface area contributed by atoms with Crippen LogP contribution in [0.3, 0.4) is 0 Å². The highest BCUT2D eigenvalue weighted by molar-refractivity contribution is 7.10. The largest absolute Gasteiger partial charge is 0.508 e. The standard InChI is InChI=1S/C26H22N2O3S/c29-16-19-7-10-21(11-8-19)26(31)28-24-17-32-25(27-24)15-22-14-23(30)13-12-20(22)9-6-18-4-2-1-3-5-18/h1-5,7-8,10-14,16-17,30H,6,9,15H2,(H,28,31). The summed E-state index contributed by atoms with van der Waals surface area (Å²) in [4.78, 5) is 27.7. The van der Waals surface area contributed by atoms with E-state index in [0.717, 1.165) is 29.7 Å². The van der Waals surface area contributed by atoms with Gasteiger partial charge in [-0.05, 0) is 53.8 Å². The van der Waals surface area contributed by atoms with E-state index in [1.165, 1.54) is 22.5 Å². The van der Waals surface area contributed by atoms with Gasteiger partial charge < -0.3 is 10.4 Å². The summed E-state index contributed by atoms with van der Waals surface area (Å²) in [5.74, 6) is 0.438. The fourth-order valence-electron chi connectivity index (χ4n) is 3.46. The summed E-state index contributed by atoms with van der Waals surface area (Å²) in [6.07, 6.45) is 3.10. The summed E-state index contributed by atoms with van der Waals surface area (Å²) in [6.45, 7) is 0. The smallest absolute Gasteiger partial charge is 0.256 e. The van der Waals surface area contributed by atoms with E-state index in [9.17, 15) is 14.7 Å². The summed E-state index contributed by atoms with van der Waals surface area (Å²) < 4.78 is 0. The fraction of sp³-hybridized carbons (Fsp3) is 0.115. The third-order valence-corrected chi connectivity index (χ3v) is 6.01. The van der Waals surface area contributed by atoms with Gasteiger partial charge in [0.1, 0.15) is 17.9 Å². The van der Waals surface area contributed by atoms with Gasteiger partial charge in [-0.15, -0.1) is 11.3 Å². The zero-order valence-corrected chi connectivity index (χ0v) is 18.1. The Balaban J connectivity index is 1.44. The quantitative estimate of drug-likeness (QED) is 0.364. The van der Waals surface area contributed by atoms with Crippen LogP contribution >= 0.6 is 11.3 Å². The molecule has 1 heterocycles. The number of hydrogen-bond acceptors (Lipinski definition) is 5. The number of nitrogens with zero attached hydrogens (tertiary/aromatic N) is 1. The lowest BCUT2D eigenvalue weighted by atomic mass is 9.98. The third-order valence-electron chi connectivity index (χ3n) is 5.16. The number of aromatic nitrogens is 1. The minimum atomic E-state index is -0.278. The molecule has 0 bridgehead atoms. The van der Waals surface area contributed by atoms with Crippen LogP contribution in [0.2, 0.25) is 0 Å². The third kappa shape index (κ3) is 5.47. The van der Waals surface area contributed by atoms with Crippen molar-refractivity contribution in [2.75, 3.05) is 5.32 Å². The minimum Gasteiger partial charge on any atom is -0.508 e. The molecule has 0 saturated carbocycles. The lowest BCUT2D eigenvalue weighted by molar-refractivity contribution is 0.102. The van der Waals surface area contributed by atoms with Gasteiger partial charge in [-0.1, -0.05) is 48.5 Å². The Hall–Kier alpha value is -3.77. The predicted octanol–water partition coefficient (Wildman–Crippen LogP) is 5.29. The van der Waals surface area contributed by atoms with Crippen molar-refractivity contribution < 1.29 is 14.7 Å². The van der Waals surface area contributed by atoms with E-state index in [1.807, 2.05) is 24.3 Å². The van der Waals surface area contributed by atoms with Crippen molar-refractivity contribution >= 4 is 29.3 Å². The molecule has 4 aromatic rings. The number of aryl methyl sites for hydroxylation is 2. The minimum absolute atomic E-state index is 0.229. The number of amides is 1. The molecular weight excluding hydrogens is 420 g/mol. The summed E-state index contributed by atoms with van der Waals surface area (Å²) in [6, 6.07) is 22.2. The Kier molecular flexibility index (Phi) is 6.72. The molecule has 5 nitrogen and oxygen atoms in total. The Morgan fingerprint density at radius 3 is 2.50 bits per heavy atom. The van der Waals surface area contributed by atoms with Gasteiger partial charge >= 0.3 is 0 Å². The maximum atomic E-state index is 12.4. The van der Waals surface area contributed by atoms with Crippen LogP contribution in [0.1, 0.15) is 42.4 Å². The number of aldehydes is 1. The van der Waals surface area contributed by atoms with E-state index in [-0.39, 0.29) is 11.7 Å². The van der Waals surface area contributed by atoms with Crippen LogP contribution in [0, 0.1) is 0 Å². The van der Waals surface area contributed by atoms with Crippen LogP contribution < -0.4 is 5.32 Å². The number of hydrogen-bond donors (Lipinski definition) is 2. The second kappa shape index (κ2) is 10.0. The summed E-state index contributed by atoms with van der Waals surface area (Å²) in [7, 11) is 0. The Labute approximate surface area is 190 Å². The molecule has 0 fully saturated rings.